The monoisotopic (exact) mass is 392 g/mol. The number of halogens is 3. The molecular weight excluding hydrogens is 377 g/mol. The fourth-order valence-corrected chi connectivity index (χ4v) is 2.95. The smallest absolute Gasteiger partial charge is 0.416 e. The maximum Gasteiger partial charge on any atom is 0.416 e. The first-order valence-electron chi connectivity index (χ1n) is 8.76. The SMILES string of the molecule is COc1ccc(C#Cc2nc(-c3ccc(C(F)(F)F)cc3)n3ccccc23)cc1. The van der Waals surface area contributed by atoms with Crippen molar-refractivity contribution in [2.24, 2.45) is 0 Å². The van der Waals surface area contributed by atoms with Gasteiger partial charge < -0.3 is 4.74 Å². The number of fused-ring (bicyclic) bond motifs is 1. The number of pyridine rings is 1. The molecule has 4 aromatic rings. The highest BCUT2D eigenvalue weighted by Gasteiger charge is 2.30. The Morgan fingerprint density at radius 1 is 0.897 bits per heavy atom. The summed E-state index contributed by atoms with van der Waals surface area (Å²) in [6.07, 6.45) is -2.56. The minimum atomic E-state index is -4.37. The van der Waals surface area contributed by atoms with Crippen molar-refractivity contribution in [1.82, 2.24) is 9.38 Å². The van der Waals surface area contributed by atoms with Gasteiger partial charge in [-0.1, -0.05) is 24.1 Å². The molecule has 0 radical (unpaired) electrons. The predicted octanol–water partition coefficient (Wildman–Crippen LogP) is 5.43. The molecule has 0 amide bonds. The largest absolute Gasteiger partial charge is 0.497 e. The van der Waals surface area contributed by atoms with E-state index in [1.807, 2.05) is 53.1 Å². The van der Waals surface area contributed by atoms with Crippen LogP contribution in [0.2, 0.25) is 0 Å². The van der Waals surface area contributed by atoms with Crippen LogP contribution in [0.4, 0.5) is 13.2 Å². The number of imidazole rings is 1. The lowest BCUT2D eigenvalue weighted by Gasteiger charge is -2.07. The van der Waals surface area contributed by atoms with Gasteiger partial charge in [0.05, 0.1) is 18.2 Å². The van der Waals surface area contributed by atoms with Crippen molar-refractivity contribution in [2.75, 3.05) is 7.11 Å². The summed E-state index contributed by atoms with van der Waals surface area (Å²) in [6.45, 7) is 0. The molecule has 2 heterocycles. The van der Waals surface area contributed by atoms with Crippen LogP contribution in [0.15, 0.2) is 72.9 Å². The average molecular weight is 392 g/mol. The van der Waals surface area contributed by atoms with Crippen molar-refractivity contribution in [1.29, 1.82) is 0 Å². The van der Waals surface area contributed by atoms with E-state index < -0.39 is 11.7 Å². The molecule has 0 spiro atoms. The molecule has 0 saturated heterocycles. The highest BCUT2D eigenvalue weighted by Crippen LogP contribution is 2.31. The minimum absolute atomic E-state index is 0.536. The second-order valence-electron chi connectivity index (χ2n) is 6.29. The Kier molecular flexibility index (Phi) is 4.73. The van der Waals surface area contributed by atoms with Gasteiger partial charge in [0.15, 0.2) is 0 Å². The number of aromatic nitrogens is 2. The molecule has 2 aromatic carbocycles. The van der Waals surface area contributed by atoms with Crippen LogP contribution < -0.4 is 4.74 Å². The standard InChI is InChI=1S/C23H15F3N2O/c1-29-19-12-5-16(6-13-19)7-14-20-21-4-2-3-15-28(21)22(27-20)17-8-10-18(11-9-17)23(24,25)26/h2-6,8-13,15H,1H3. The zero-order valence-corrected chi connectivity index (χ0v) is 15.4. The summed E-state index contributed by atoms with van der Waals surface area (Å²) in [5.74, 6) is 7.41. The first kappa shape index (κ1) is 18.6. The molecular formula is C23H15F3N2O. The van der Waals surface area contributed by atoms with E-state index in [-0.39, 0.29) is 0 Å². The van der Waals surface area contributed by atoms with Gasteiger partial charge in [-0.3, -0.25) is 4.40 Å². The summed E-state index contributed by atoms with van der Waals surface area (Å²) in [7, 11) is 1.60. The van der Waals surface area contributed by atoms with Crippen molar-refractivity contribution >= 4 is 5.52 Å². The third kappa shape index (κ3) is 3.81. The molecule has 2 aromatic heterocycles. The summed E-state index contributed by atoms with van der Waals surface area (Å²) < 4.78 is 45.5. The fraction of sp³-hybridized carbons (Fsp3) is 0.0870. The molecule has 3 nitrogen and oxygen atoms in total. The molecule has 29 heavy (non-hydrogen) atoms. The number of hydrogen-bond donors (Lipinski definition) is 0. The van der Waals surface area contributed by atoms with Crippen molar-refractivity contribution in [3.8, 4) is 29.0 Å². The summed E-state index contributed by atoms with van der Waals surface area (Å²) in [6, 6.07) is 17.9. The van der Waals surface area contributed by atoms with E-state index in [9.17, 15) is 13.2 Å². The first-order chi connectivity index (χ1) is 14.0. The second kappa shape index (κ2) is 7.36. The Labute approximate surface area is 165 Å². The highest BCUT2D eigenvalue weighted by atomic mass is 19.4. The van der Waals surface area contributed by atoms with Crippen LogP contribution in [-0.4, -0.2) is 16.5 Å². The van der Waals surface area contributed by atoms with Gasteiger partial charge in [0.1, 0.15) is 17.3 Å². The quantitative estimate of drug-likeness (QED) is 0.426. The van der Waals surface area contributed by atoms with Crippen molar-refractivity contribution in [2.45, 2.75) is 6.18 Å². The maximum absolute atomic E-state index is 12.8. The molecule has 0 N–H and O–H groups in total. The molecule has 0 aliphatic rings. The van der Waals surface area contributed by atoms with Gasteiger partial charge in [-0.25, -0.2) is 4.98 Å². The van der Waals surface area contributed by atoms with Crippen molar-refractivity contribution < 1.29 is 17.9 Å². The number of alkyl halides is 3. The van der Waals surface area contributed by atoms with Gasteiger partial charge in [0.25, 0.3) is 0 Å². The van der Waals surface area contributed by atoms with Crippen LogP contribution in [0, 0.1) is 11.8 Å². The molecule has 0 atom stereocenters. The molecule has 4 rings (SSSR count). The molecule has 144 valence electrons. The number of ether oxygens (including phenoxy) is 1. The lowest BCUT2D eigenvalue weighted by molar-refractivity contribution is -0.137. The Balaban J connectivity index is 1.75. The van der Waals surface area contributed by atoms with Gasteiger partial charge in [0, 0.05) is 17.3 Å². The van der Waals surface area contributed by atoms with E-state index in [1.165, 1.54) is 12.1 Å². The van der Waals surface area contributed by atoms with Gasteiger partial charge in [0.2, 0.25) is 0 Å². The summed E-state index contributed by atoms with van der Waals surface area (Å²) in [4.78, 5) is 4.58. The Morgan fingerprint density at radius 2 is 1.62 bits per heavy atom. The van der Waals surface area contributed by atoms with Gasteiger partial charge in [-0.05, 0) is 54.5 Å². The average Bonchev–Trinajstić information content (AvgIpc) is 3.11. The Morgan fingerprint density at radius 3 is 2.28 bits per heavy atom. The number of benzene rings is 2. The van der Waals surface area contributed by atoms with Crippen LogP contribution >= 0.6 is 0 Å². The van der Waals surface area contributed by atoms with Crippen LogP contribution in [0.1, 0.15) is 16.8 Å². The lowest BCUT2D eigenvalue weighted by atomic mass is 10.1. The third-order valence-corrected chi connectivity index (χ3v) is 4.43. The maximum atomic E-state index is 12.8. The molecule has 0 saturated carbocycles. The summed E-state index contributed by atoms with van der Waals surface area (Å²) >= 11 is 0. The zero-order valence-electron chi connectivity index (χ0n) is 15.4. The van der Waals surface area contributed by atoms with E-state index in [1.54, 1.807) is 7.11 Å². The van der Waals surface area contributed by atoms with E-state index in [0.717, 1.165) is 29.0 Å². The third-order valence-electron chi connectivity index (χ3n) is 4.43. The van der Waals surface area contributed by atoms with E-state index in [2.05, 4.69) is 16.8 Å². The van der Waals surface area contributed by atoms with Crippen LogP contribution in [0.25, 0.3) is 16.9 Å². The van der Waals surface area contributed by atoms with Gasteiger partial charge in [-0.2, -0.15) is 13.2 Å². The molecule has 0 fully saturated rings. The summed E-state index contributed by atoms with van der Waals surface area (Å²) in [5, 5.41) is 0. The molecule has 0 aliphatic carbocycles. The number of hydrogen-bond acceptors (Lipinski definition) is 2. The number of rotatable bonds is 2. The number of nitrogens with zero attached hydrogens (tertiary/aromatic N) is 2. The molecule has 0 aliphatic heterocycles. The van der Waals surface area contributed by atoms with E-state index >= 15 is 0 Å². The first-order valence-corrected chi connectivity index (χ1v) is 8.76. The van der Waals surface area contributed by atoms with E-state index in [0.29, 0.717) is 17.1 Å². The Hall–Kier alpha value is -3.72. The van der Waals surface area contributed by atoms with Crippen LogP contribution in [-0.2, 0) is 6.18 Å². The normalized spacial score (nSPS) is 11.2. The van der Waals surface area contributed by atoms with E-state index in [4.69, 9.17) is 4.74 Å². The molecule has 0 bridgehead atoms. The minimum Gasteiger partial charge on any atom is -0.497 e. The van der Waals surface area contributed by atoms with Crippen LogP contribution in [0.5, 0.6) is 5.75 Å². The molecule has 0 unspecified atom stereocenters. The fourth-order valence-electron chi connectivity index (χ4n) is 2.95. The van der Waals surface area contributed by atoms with Gasteiger partial charge >= 0.3 is 6.18 Å². The van der Waals surface area contributed by atoms with Crippen molar-refractivity contribution in [3.05, 3.63) is 89.7 Å². The Bertz CT molecular complexity index is 1210. The molecule has 6 heteroatoms. The predicted molar refractivity (Wildman–Crippen MR) is 105 cm³/mol. The lowest BCUT2D eigenvalue weighted by Crippen LogP contribution is -2.04. The zero-order chi connectivity index (χ0) is 20.4. The van der Waals surface area contributed by atoms with Crippen LogP contribution in [0.3, 0.4) is 0 Å². The summed E-state index contributed by atoms with van der Waals surface area (Å²) in [5.41, 5.74) is 2.03. The second-order valence-corrected chi connectivity index (χ2v) is 6.29. The van der Waals surface area contributed by atoms with Crippen molar-refractivity contribution in [3.63, 3.8) is 0 Å². The number of methoxy groups -OCH3 is 1. The van der Waals surface area contributed by atoms with Gasteiger partial charge in [-0.15, -0.1) is 0 Å². The highest BCUT2D eigenvalue weighted by molar-refractivity contribution is 5.69. The topological polar surface area (TPSA) is 26.5 Å².